The van der Waals surface area contributed by atoms with Crippen molar-refractivity contribution in [3.05, 3.63) is 24.3 Å². The highest BCUT2D eigenvalue weighted by Gasteiger charge is 2.18. The fourth-order valence-electron chi connectivity index (χ4n) is 2.25. The Kier molecular flexibility index (Phi) is 5.38. The Hall–Kier alpha value is -1.37. The van der Waals surface area contributed by atoms with Crippen LogP contribution in [0, 0.1) is 11.8 Å². The topological polar surface area (TPSA) is 15.7 Å². The Labute approximate surface area is 120 Å². The van der Waals surface area contributed by atoms with Crippen LogP contribution in [0.5, 0.6) is 5.75 Å². The van der Waals surface area contributed by atoms with Crippen molar-refractivity contribution in [2.45, 2.75) is 0 Å². The van der Waals surface area contributed by atoms with Crippen molar-refractivity contribution in [2.75, 3.05) is 50.6 Å². The van der Waals surface area contributed by atoms with E-state index in [1.165, 1.54) is 5.69 Å². The van der Waals surface area contributed by atoms with Crippen LogP contribution in [0.15, 0.2) is 24.3 Å². The van der Waals surface area contributed by atoms with Gasteiger partial charge in [-0.1, -0.05) is 24.0 Å². The second-order valence-corrected chi connectivity index (χ2v) is 4.69. The van der Waals surface area contributed by atoms with Crippen molar-refractivity contribution in [2.24, 2.45) is 0 Å². The molecule has 1 aliphatic heterocycles. The number of anilines is 1. The molecule has 1 aromatic carbocycles. The van der Waals surface area contributed by atoms with Crippen LogP contribution in [0.3, 0.4) is 0 Å². The number of halogens is 1. The number of rotatable bonds is 3. The van der Waals surface area contributed by atoms with Gasteiger partial charge in [0, 0.05) is 26.2 Å². The Morgan fingerprint density at radius 1 is 1.16 bits per heavy atom. The minimum absolute atomic E-state index is 0.418. The summed E-state index contributed by atoms with van der Waals surface area (Å²) in [6.45, 7) is 4.86. The molecule has 0 spiro atoms. The largest absolute Gasteiger partial charge is 0.495 e. The van der Waals surface area contributed by atoms with E-state index in [0.29, 0.717) is 5.88 Å². The number of methoxy groups -OCH3 is 1. The van der Waals surface area contributed by atoms with Gasteiger partial charge in [0.2, 0.25) is 0 Å². The molecule has 1 aliphatic rings. The van der Waals surface area contributed by atoms with Gasteiger partial charge in [0.25, 0.3) is 0 Å². The zero-order valence-corrected chi connectivity index (χ0v) is 12.0. The number of piperazine rings is 1. The van der Waals surface area contributed by atoms with Crippen molar-refractivity contribution in [1.29, 1.82) is 0 Å². The highest BCUT2D eigenvalue weighted by Crippen LogP contribution is 2.28. The fraction of sp³-hybridized carbons (Fsp3) is 0.467. The van der Waals surface area contributed by atoms with E-state index in [2.05, 4.69) is 33.8 Å². The summed E-state index contributed by atoms with van der Waals surface area (Å²) in [5.41, 5.74) is 1.18. The molecule has 0 bridgehead atoms. The third-order valence-electron chi connectivity index (χ3n) is 3.29. The molecule has 0 radical (unpaired) electrons. The summed E-state index contributed by atoms with van der Waals surface area (Å²) in [5, 5.41) is 0. The smallest absolute Gasteiger partial charge is 0.142 e. The van der Waals surface area contributed by atoms with Crippen molar-refractivity contribution in [3.8, 4) is 17.6 Å². The van der Waals surface area contributed by atoms with Gasteiger partial charge in [-0.25, -0.2) is 0 Å². The third-order valence-corrected chi connectivity index (χ3v) is 3.43. The highest BCUT2D eigenvalue weighted by molar-refractivity contribution is 6.19. The minimum Gasteiger partial charge on any atom is -0.495 e. The van der Waals surface area contributed by atoms with Crippen LogP contribution in [0.25, 0.3) is 0 Å². The van der Waals surface area contributed by atoms with Gasteiger partial charge in [-0.2, -0.15) is 0 Å². The lowest BCUT2D eigenvalue weighted by Crippen LogP contribution is -2.46. The standard InChI is InChI=1S/C15H19ClN2O/c1-19-15-7-3-2-6-14(15)18-12-10-17(11-13-18)9-5-4-8-16/h2-3,6-7H,8-13H2,1H3. The molecular weight excluding hydrogens is 260 g/mol. The molecule has 0 amide bonds. The normalized spacial score (nSPS) is 15.8. The molecule has 0 aromatic heterocycles. The first-order valence-corrected chi connectivity index (χ1v) is 7.00. The molecule has 1 heterocycles. The predicted octanol–water partition coefficient (Wildman–Crippen LogP) is 2.06. The maximum absolute atomic E-state index is 5.54. The molecule has 0 saturated carbocycles. The summed E-state index contributed by atoms with van der Waals surface area (Å²) in [6, 6.07) is 8.17. The number of alkyl halides is 1. The first-order chi connectivity index (χ1) is 9.35. The van der Waals surface area contributed by atoms with E-state index in [0.717, 1.165) is 38.5 Å². The van der Waals surface area contributed by atoms with Crippen LogP contribution < -0.4 is 9.64 Å². The van der Waals surface area contributed by atoms with Gasteiger partial charge in [-0.15, -0.1) is 11.6 Å². The molecule has 0 unspecified atom stereocenters. The molecule has 3 nitrogen and oxygen atoms in total. The lowest BCUT2D eigenvalue weighted by atomic mass is 10.2. The quantitative estimate of drug-likeness (QED) is 0.622. The zero-order valence-electron chi connectivity index (χ0n) is 11.2. The molecule has 0 atom stereocenters. The Morgan fingerprint density at radius 3 is 2.58 bits per heavy atom. The van der Waals surface area contributed by atoms with Crippen molar-refractivity contribution >= 4 is 17.3 Å². The van der Waals surface area contributed by atoms with Gasteiger partial charge >= 0.3 is 0 Å². The van der Waals surface area contributed by atoms with E-state index in [1.54, 1.807) is 7.11 Å². The van der Waals surface area contributed by atoms with Crippen LogP contribution in [0.1, 0.15) is 0 Å². The summed E-state index contributed by atoms with van der Waals surface area (Å²) in [4.78, 5) is 4.72. The second-order valence-electron chi connectivity index (χ2n) is 4.42. The van der Waals surface area contributed by atoms with Gasteiger partial charge in [0.1, 0.15) is 5.75 Å². The zero-order chi connectivity index (χ0) is 13.5. The average Bonchev–Trinajstić information content (AvgIpc) is 2.48. The third kappa shape index (κ3) is 3.79. The molecule has 102 valence electrons. The first-order valence-electron chi connectivity index (χ1n) is 6.47. The summed E-state index contributed by atoms with van der Waals surface area (Å²) in [6.07, 6.45) is 0. The summed E-state index contributed by atoms with van der Waals surface area (Å²) < 4.78 is 5.41. The van der Waals surface area contributed by atoms with Gasteiger partial charge in [0.05, 0.1) is 25.2 Å². The van der Waals surface area contributed by atoms with Gasteiger partial charge in [0.15, 0.2) is 0 Å². The van der Waals surface area contributed by atoms with Crippen molar-refractivity contribution < 1.29 is 4.74 Å². The van der Waals surface area contributed by atoms with Crippen LogP contribution in [-0.2, 0) is 0 Å². The molecule has 0 aliphatic carbocycles. The lowest BCUT2D eigenvalue weighted by Gasteiger charge is -2.35. The minimum atomic E-state index is 0.418. The van der Waals surface area contributed by atoms with E-state index in [-0.39, 0.29) is 0 Å². The first kappa shape index (κ1) is 14.0. The second kappa shape index (κ2) is 7.28. The molecule has 0 N–H and O–H groups in total. The Balaban J connectivity index is 1.92. The highest BCUT2D eigenvalue weighted by atomic mass is 35.5. The molecule has 4 heteroatoms. The monoisotopic (exact) mass is 278 g/mol. The Bertz CT molecular complexity index is 459. The van der Waals surface area contributed by atoms with Crippen molar-refractivity contribution in [3.63, 3.8) is 0 Å². The van der Waals surface area contributed by atoms with Crippen LogP contribution in [0.4, 0.5) is 5.69 Å². The predicted molar refractivity (Wildman–Crippen MR) is 80.1 cm³/mol. The lowest BCUT2D eigenvalue weighted by molar-refractivity contribution is 0.287. The summed E-state index contributed by atoms with van der Waals surface area (Å²) in [5.74, 6) is 7.34. The van der Waals surface area contributed by atoms with E-state index in [1.807, 2.05) is 12.1 Å². The maximum Gasteiger partial charge on any atom is 0.142 e. The number of benzene rings is 1. The summed E-state index contributed by atoms with van der Waals surface area (Å²) in [7, 11) is 1.72. The van der Waals surface area contributed by atoms with E-state index >= 15 is 0 Å². The van der Waals surface area contributed by atoms with Crippen LogP contribution in [0.2, 0.25) is 0 Å². The average molecular weight is 279 g/mol. The van der Waals surface area contributed by atoms with Crippen LogP contribution >= 0.6 is 11.6 Å². The van der Waals surface area contributed by atoms with Crippen LogP contribution in [-0.4, -0.2) is 50.6 Å². The molecule has 19 heavy (non-hydrogen) atoms. The molecular formula is C15H19ClN2O. The molecule has 1 fully saturated rings. The Morgan fingerprint density at radius 2 is 1.89 bits per heavy atom. The van der Waals surface area contributed by atoms with E-state index in [9.17, 15) is 0 Å². The number of ether oxygens (including phenoxy) is 1. The fourth-order valence-corrected chi connectivity index (χ4v) is 2.35. The number of nitrogens with zero attached hydrogens (tertiary/aromatic N) is 2. The van der Waals surface area contributed by atoms with Gasteiger partial charge < -0.3 is 9.64 Å². The summed E-state index contributed by atoms with van der Waals surface area (Å²) >= 11 is 5.54. The SMILES string of the molecule is COc1ccccc1N1CCN(CC#CCCl)CC1. The number of hydrogen-bond acceptors (Lipinski definition) is 3. The number of para-hydroxylation sites is 2. The van der Waals surface area contributed by atoms with E-state index in [4.69, 9.17) is 16.3 Å². The number of hydrogen-bond donors (Lipinski definition) is 0. The van der Waals surface area contributed by atoms with Crippen molar-refractivity contribution in [1.82, 2.24) is 4.90 Å². The van der Waals surface area contributed by atoms with Gasteiger partial charge in [-0.3, -0.25) is 4.90 Å². The molecule has 2 rings (SSSR count). The molecule has 1 saturated heterocycles. The molecule has 1 aromatic rings. The maximum atomic E-state index is 5.54. The van der Waals surface area contributed by atoms with E-state index < -0.39 is 0 Å². The van der Waals surface area contributed by atoms with Gasteiger partial charge in [-0.05, 0) is 12.1 Å².